The molecular weight excluding hydrogens is 228 g/mol. The number of rotatable bonds is 2. The smallest absolute Gasteiger partial charge is 0.271 e. The van der Waals surface area contributed by atoms with Crippen molar-refractivity contribution in [2.24, 2.45) is 7.05 Å². The van der Waals surface area contributed by atoms with Crippen molar-refractivity contribution in [1.82, 2.24) is 19.0 Å². The zero-order valence-electron chi connectivity index (χ0n) is 9.25. The lowest BCUT2D eigenvalue weighted by atomic mass is 10.4. The molecule has 0 aromatic carbocycles. The summed E-state index contributed by atoms with van der Waals surface area (Å²) in [7, 11) is -1.90. The van der Waals surface area contributed by atoms with Gasteiger partial charge in [-0.15, -0.1) is 0 Å². The first-order valence-electron chi connectivity index (χ1n) is 4.70. The minimum absolute atomic E-state index is 0.221. The maximum absolute atomic E-state index is 12.2. The molecule has 0 aliphatic rings. The molecule has 0 radical (unpaired) electrons. The largest absolute Gasteiger partial charge is 0.286 e. The molecule has 0 saturated carbocycles. The molecule has 16 heavy (non-hydrogen) atoms. The van der Waals surface area contributed by atoms with E-state index in [1.54, 1.807) is 31.6 Å². The highest BCUT2D eigenvalue weighted by Gasteiger charge is 2.25. The van der Waals surface area contributed by atoms with Crippen LogP contribution >= 0.6 is 0 Å². The van der Waals surface area contributed by atoms with Crippen molar-refractivity contribution < 1.29 is 8.42 Å². The Morgan fingerprint density at radius 2 is 2.00 bits per heavy atom. The summed E-state index contributed by atoms with van der Waals surface area (Å²) in [6.07, 6.45) is 2.83. The van der Waals surface area contributed by atoms with Crippen LogP contribution in [0.2, 0.25) is 0 Å². The molecule has 0 saturated heterocycles. The van der Waals surface area contributed by atoms with Crippen LogP contribution in [0.4, 0.5) is 0 Å². The Hall–Kier alpha value is -1.63. The molecular formula is C9H12N4O2S. The molecule has 0 aliphatic heterocycles. The van der Waals surface area contributed by atoms with E-state index in [1.165, 1.54) is 12.4 Å². The standard InChI is InChI=1S/C9H12N4O2S/c1-7-9(8(2)12(3)11-7)16(14,15)13-6-4-5-10-13/h4-6H,1-3H3. The topological polar surface area (TPSA) is 69.8 Å². The first kappa shape index (κ1) is 10.9. The van der Waals surface area contributed by atoms with Gasteiger partial charge in [0.1, 0.15) is 4.90 Å². The fourth-order valence-electron chi connectivity index (χ4n) is 1.62. The zero-order valence-corrected chi connectivity index (χ0v) is 10.1. The number of aryl methyl sites for hydroxylation is 2. The molecule has 2 aromatic heterocycles. The van der Waals surface area contributed by atoms with Gasteiger partial charge in [0, 0.05) is 13.2 Å². The highest BCUT2D eigenvalue weighted by atomic mass is 32.2. The van der Waals surface area contributed by atoms with E-state index in [4.69, 9.17) is 0 Å². The van der Waals surface area contributed by atoms with Crippen LogP contribution in [0.3, 0.4) is 0 Å². The van der Waals surface area contributed by atoms with Gasteiger partial charge in [0.05, 0.1) is 17.6 Å². The fraction of sp³-hybridized carbons (Fsp3) is 0.333. The summed E-state index contributed by atoms with van der Waals surface area (Å²) in [5.74, 6) is 0. The van der Waals surface area contributed by atoms with Gasteiger partial charge in [0.25, 0.3) is 10.0 Å². The Bertz CT molecular complexity index is 610. The molecule has 7 heteroatoms. The molecule has 0 fully saturated rings. The minimum Gasteiger partial charge on any atom is -0.271 e. The van der Waals surface area contributed by atoms with Gasteiger partial charge >= 0.3 is 0 Å². The molecule has 0 bridgehead atoms. The summed E-state index contributed by atoms with van der Waals surface area (Å²) in [4.78, 5) is 0.221. The van der Waals surface area contributed by atoms with Gasteiger partial charge in [-0.2, -0.15) is 22.7 Å². The first-order chi connectivity index (χ1) is 7.44. The predicted octanol–water partition coefficient (Wildman–Crippen LogP) is 0.470. The molecule has 86 valence electrons. The molecule has 2 heterocycles. The van der Waals surface area contributed by atoms with Crippen LogP contribution in [-0.2, 0) is 17.1 Å². The van der Waals surface area contributed by atoms with Gasteiger partial charge in [-0.25, -0.2) is 0 Å². The first-order valence-corrected chi connectivity index (χ1v) is 6.14. The summed E-state index contributed by atoms with van der Waals surface area (Å²) in [6.45, 7) is 3.39. The maximum atomic E-state index is 12.2. The number of aromatic nitrogens is 4. The zero-order chi connectivity index (χ0) is 11.9. The second-order valence-electron chi connectivity index (χ2n) is 3.51. The summed E-state index contributed by atoms with van der Waals surface area (Å²) >= 11 is 0. The monoisotopic (exact) mass is 240 g/mol. The van der Waals surface area contributed by atoms with Gasteiger partial charge in [0.15, 0.2) is 0 Å². The van der Waals surface area contributed by atoms with E-state index in [-0.39, 0.29) is 4.90 Å². The van der Waals surface area contributed by atoms with Crippen molar-refractivity contribution in [3.05, 3.63) is 29.8 Å². The number of hydrogen-bond donors (Lipinski definition) is 0. The Labute approximate surface area is 93.6 Å². The average Bonchev–Trinajstić information content (AvgIpc) is 2.76. The van der Waals surface area contributed by atoms with Crippen molar-refractivity contribution in [2.45, 2.75) is 18.7 Å². The third-order valence-electron chi connectivity index (χ3n) is 2.43. The SMILES string of the molecule is Cc1nn(C)c(C)c1S(=O)(=O)n1cccn1. The number of hydrogen-bond acceptors (Lipinski definition) is 4. The van der Waals surface area contributed by atoms with E-state index in [1.807, 2.05) is 0 Å². The summed E-state index contributed by atoms with van der Waals surface area (Å²) in [6, 6.07) is 1.57. The van der Waals surface area contributed by atoms with Crippen LogP contribution in [0.5, 0.6) is 0 Å². The Morgan fingerprint density at radius 1 is 1.31 bits per heavy atom. The van der Waals surface area contributed by atoms with E-state index in [0.717, 1.165) is 4.09 Å². The Morgan fingerprint density at radius 3 is 2.44 bits per heavy atom. The maximum Gasteiger partial charge on any atom is 0.286 e. The van der Waals surface area contributed by atoms with Crippen LogP contribution in [0.25, 0.3) is 0 Å². The molecule has 6 nitrogen and oxygen atoms in total. The van der Waals surface area contributed by atoms with Crippen molar-refractivity contribution in [3.63, 3.8) is 0 Å². The van der Waals surface area contributed by atoms with Crippen LogP contribution in [-0.4, -0.2) is 27.4 Å². The van der Waals surface area contributed by atoms with Gasteiger partial charge in [-0.05, 0) is 19.9 Å². The van der Waals surface area contributed by atoms with Crippen LogP contribution in [0.1, 0.15) is 11.4 Å². The summed E-state index contributed by atoms with van der Waals surface area (Å²) in [5.41, 5.74) is 1.09. The Balaban J connectivity index is 2.70. The quantitative estimate of drug-likeness (QED) is 0.765. The molecule has 0 unspecified atom stereocenters. The van der Waals surface area contributed by atoms with Crippen LogP contribution in [0, 0.1) is 13.8 Å². The van der Waals surface area contributed by atoms with E-state index in [0.29, 0.717) is 11.4 Å². The van der Waals surface area contributed by atoms with Crippen molar-refractivity contribution in [3.8, 4) is 0 Å². The third-order valence-corrected chi connectivity index (χ3v) is 4.24. The van der Waals surface area contributed by atoms with Gasteiger partial charge in [-0.1, -0.05) is 0 Å². The van der Waals surface area contributed by atoms with Crippen LogP contribution in [0.15, 0.2) is 23.4 Å². The average molecular weight is 240 g/mol. The summed E-state index contributed by atoms with van der Waals surface area (Å²) in [5, 5.41) is 7.83. The Kier molecular flexibility index (Phi) is 2.34. The van der Waals surface area contributed by atoms with E-state index in [2.05, 4.69) is 10.2 Å². The second-order valence-corrected chi connectivity index (χ2v) is 5.24. The number of nitrogens with zero attached hydrogens (tertiary/aromatic N) is 4. The van der Waals surface area contributed by atoms with E-state index in [9.17, 15) is 8.42 Å². The molecule has 0 spiro atoms. The predicted molar refractivity (Wildman–Crippen MR) is 57.5 cm³/mol. The molecule has 0 aliphatic carbocycles. The lowest BCUT2D eigenvalue weighted by molar-refractivity contribution is 0.578. The third kappa shape index (κ3) is 1.44. The van der Waals surface area contributed by atoms with Crippen LogP contribution < -0.4 is 0 Å². The lowest BCUT2D eigenvalue weighted by Crippen LogP contribution is -2.15. The highest BCUT2D eigenvalue weighted by molar-refractivity contribution is 7.90. The molecule has 2 aromatic rings. The summed E-state index contributed by atoms with van der Waals surface area (Å²) < 4.78 is 26.9. The van der Waals surface area contributed by atoms with Crippen molar-refractivity contribution in [1.29, 1.82) is 0 Å². The van der Waals surface area contributed by atoms with E-state index >= 15 is 0 Å². The van der Waals surface area contributed by atoms with E-state index < -0.39 is 10.0 Å². The normalized spacial score (nSPS) is 11.9. The molecule has 0 N–H and O–H groups in total. The second kappa shape index (κ2) is 3.44. The van der Waals surface area contributed by atoms with Gasteiger partial charge in [-0.3, -0.25) is 4.68 Å². The van der Waals surface area contributed by atoms with Crippen molar-refractivity contribution in [2.75, 3.05) is 0 Å². The van der Waals surface area contributed by atoms with Crippen molar-refractivity contribution >= 4 is 10.0 Å². The minimum atomic E-state index is -3.61. The fourth-order valence-corrected chi connectivity index (χ4v) is 3.13. The van der Waals surface area contributed by atoms with Gasteiger partial charge < -0.3 is 0 Å². The lowest BCUT2D eigenvalue weighted by Gasteiger charge is -2.04. The highest BCUT2D eigenvalue weighted by Crippen LogP contribution is 2.20. The van der Waals surface area contributed by atoms with Gasteiger partial charge in [0.2, 0.25) is 0 Å². The molecule has 2 rings (SSSR count). The molecule has 0 amide bonds. The molecule has 0 atom stereocenters.